The fraction of sp³-hybridized carbons (Fsp3) is 0.133. The molecule has 0 radical (unpaired) electrons. The average molecular weight is 310 g/mol. The number of halogens is 2. The molecule has 6 heteroatoms. The summed E-state index contributed by atoms with van der Waals surface area (Å²) in [5.74, 6) is -3.85. The van der Waals surface area contributed by atoms with Crippen LogP contribution in [0.5, 0.6) is 0 Å². The van der Waals surface area contributed by atoms with Crippen LogP contribution in [0.25, 0.3) is 0 Å². The van der Waals surface area contributed by atoms with Gasteiger partial charge in [0.15, 0.2) is 27.3 Å². The SMILES string of the molecule is Cc1cccc(S(=O)(=O)CC(=O)c2ccc(F)c(F)c2)c1. The molecule has 0 N–H and O–H groups in total. The third-order valence-electron chi connectivity index (χ3n) is 2.91. The summed E-state index contributed by atoms with van der Waals surface area (Å²) in [4.78, 5) is 11.9. The molecule has 0 aliphatic heterocycles. The third kappa shape index (κ3) is 3.52. The van der Waals surface area contributed by atoms with Gasteiger partial charge in [0.1, 0.15) is 5.75 Å². The predicted octanol–water partition coefficient (Wildman–Crippen LogP) is 2.93. The lowest BCUT2D eigenvalue weighted by molar-refractivity contribution is 0.102. The van der Waals surface area contributed by atoms with Crippen LogP contribution < -0.4 is 0 Å². The second-order valence-corrected chi connectivity index (χ2v) is 6.62. The van der Waals surface area contributed by atoms with Crippen LogP contribution in [-0.2, 0) is 9.84 Å². The maximum Gasteiger partial charge on any atom is 0.185 e. The minimum Gasteiger partial charge on any atom is -0.293 e. The van der Waals surface area contributed by atoms with E-state index in [0.717, 1.165) is 17.7 Å². The van der Waals surface area contributed by atoms with E-state index in [0.29, 0.717) is 6.07 Å². The number of carbonyl (C=O) groups is 1. The van der Waals surface area contributed by atoms with Crippen molar-refractivity contribution < 1.29 is 22.0 Å². The Hall–Kier alpha value is -2.08. The number of hydrogen-bond donors (Lipinski definition) is 0. The van der Waals surface area contributed by atoms with Crippen molar-refractivity contribution in [3.63, 3.8) is 0 Å². The lowest BCUT2D eigenvalue weighted by Gasteiger charge is -2.05. The number of aryl methyl sites for hydroxylation is 1. The highest BCUT2D eigenvalue weighted by molar-refractivity contribution is 7.92. The average Bonchev–Trinajstić information content (AvgIpc) is 2.41. The van der Waals surface area contributed by atoms with Crippen molar-refractivity contribution in [2.45, 2.75) is 11.8 Å². The smallest absolute Gasteiger partial charge is 0.185 e. The summed E-state index contributed by atoms with van der Waals surface area (Å²) < 4.78 is 50.1. The minimum atomic E-state index is -3.82. The molecular formula is C15H12F2O3S. The molecule has 21 heavy (non-hydrogen) atoms. The maximum absolute atomic E-state index is 13.1. The zero-order chi connectivity index (χ0) is 15.6. The zero-order valence-electron chi connectivity index (χ0n) is 11.1. The summed E-state index contributed by atoms with van der Waals surface area (Å²) >= 11 is 0. The van der Waals surface area contributed by atoms with Gasteiger partial charge in [-0.25, -0.2) is 17.2 Å². The largest absolute Gasteiger partial charge is 0.293 e. The van der Waals surface area contributed by atoms with Crippen molar-refractivity contribution in [1.82, 2.24) is 0 Å². The van der Waals surface area contributed by atoms with Gasteiger partial charge in [-0.05, 0) is 42.8 Å². The van der Waals surface area contributed by atoms with Gasteiger partial charge in [0.25, 0.3) is 0 Å². The molecule has 3 nitrogen and oxygen atoms in total. The molecule has 0 atom stereocenters. The molecule has 110 valence electrons. The highest BCUT2D eigenvalue weighted by Gasteiger charge is 2.21. The van der Waals surface area contributed by atoms with Crippen molar-refractivity contribution in [2.24, 2.45) is 0 Å². The summed E-state index contributed by atoms with van der Waals surface area (Å²) in [7, 11) is -3.82. The Bertz CT molecular complexity index is 798. The van der Waals surface area contributed by atoms with E-state index in [1.807, 2.05) is 0 Å². The van der Waals surface area contributed by atoms with Crippen molar-refractivity contribution in [2.75, 3.05) is 5.75 Å². The highest BCUT2D eigenvalue weighted by Crippen LogP contribution is 2.16. The topological polar surface area (TPSA) is 51.2 Å². The molecule has 2 aromatic rings. The van der Waals surface area contributed by atoms with Crippen LogP contribution in [0.15, 0.2) is 47.4 Å². The summed E-state index contributed by atoms with van der Waals surface area (Å²) in [5, 5.41) is 0. The van der Waals surface area contributed by atoms with E-state index in [4.69, 9.17) is 0 Å². The Morgan fingerprint density at radius 3 is 2.38 bits per heavy atom. The molecule has 0 bridgehead atoms. The van der Waals surface area contributed by atoms with Crippen molar-refractivity contribution in [1.29, 1.82) is 0 Å². The first-order valence-electron chi connectivity index (χ1n) is 6.07. The Morgan fingerprint density at radius 2 is 1.76 bits per heavy atom. The van der Waals surface area contributed by atoms with Crippen LogP contribution in [0.4, 0.5) is 8.78 Å². The number of hydrogen-bond acceptors (Lipinski definition) is 3. The van der Waals surface area contributed by atoms with E-state index in [9.17, 15) is 22.0 Å². The summed E-state index contributed by atoms with van der Waals surface area (Å²) in [6, 6.07) is 8.70. The van der Waals surface area contributed by atoms with Gasteiger partial charge in [0.2, 0.25) is 0 Å². The van der Waals surface area contributed by atoms with Crippen LogP contribution in [0.1, 0.15) is 15.9 Å². The number of sulfone groups is 1. The van der Waals surface area contributed by atoms with E-state index in [1.165, 1.54) is 12.1 Å². The minimum absolute atomic E-state index is 0.0263. The van der Waals surface area contributed by atoms with Gasteiger partial charge >= 0.3 is 0 Å². The Labute approximate surface area is 121 Å². The number of ketones is 1. The quantitative estimate of drug-likeness (QED) is 0.816. The maximum atomic E-state index is 13.1. The van der Waals surface area contributed by atoms with Gasteiger partial charge in [0.05, 0.1) is 4.90 Å². The normalized spacial score (nSPS) is 11.4. The number of carbonyl (C=O) groups excluding carboxylic acids is 1. The fourth-order valence-electron chi connectivity index (χ4n) is 1.82. The summed E-state index contributed by atoms with van der Waals surface area (Å²) in [6.07, 6.45) is 0. The van der Waals surface area contributed by atoms with E-state index < -0.39 is 33.0 Å². The molecule has 0 aliphatic carbocycles. The Balaban J connectivity index is 2.28. The van der Waals surface area contributed by atoms with Crippen molar-refractivity contribution in [3.8, 4) is 0 Å². The highest BCUT2D eigenvalue weighted by atomic mass is 32.2. The van der Waals surface area contributed by atoms with Crippen molar-refractivity contribution in [3.05, 3.63) is 65.2 Å². The molecule has 0 amide bonds. The molecule has 0 unspecified atom stereocenters. The van der Waals surface area contributed by atoms with Crippen LogP contribution >= 0.6 is 0 Å². The zero-order valence-corrected chi connectivity index (χ0v) is 12.0. The van der Waals surface area contributed by atoms with Gasteiger partial charge < -0.3 is 0 Å². The van der Waals surface area contributed by atoms with Crippen LogP contribution in [-0.4, -0.2) is 20.0 Å². The van der Waals surface area contributed by atoms with E-state index in [1.54, 1.807) is 19.1 Å². The van der Waals surface area contributed by atoms with E-state index in [2.05, 4.69) is 0 Å². The van der Waals surface area contributed by atoms with Gasteiger partial charge in [-0.15, -0.1) is 0 Å². The molecular weight excluding hydrogens is 298 g/mol. The Morgan fingerprint density at radius 1 is 1.05 bits per heavy atom. The first kappa shape index (κ1) is 15.3. The van der Waals surface area contributed by atoms with Gasteiger partial charge in [-0.1, -0.05) is 12.1 Å². The standard InChI is InChI=1S/C15H12F2O3S/c1-10-3-2-4-12(7-10)21(19,20)9-15(18)11-5-6-13(16)14(17)8-11/h2-8H,9H2,1H3. The number of Topliss-reactive ketones (excluding diaryl/α,β-unsaturated/α-hetero) is 1. The van der Waals surface area contributed by atoms with Crippen LogP contribution in [0.2, 0.25) is 0 Å². The molecule has 0 aliphatic rings. The second kappa shape index (κ2) is 5.73. The van der Waals surface area contributed by atoms with Gasteiger partial charge in [0, 0.05) is 5.56 Å². The fourth-order valence-corrected chi connectivity index (χ4v) is 3.15. The second-order valence-electron chi connectivity index (χ2n) is 4.63. The molecule has 0 heterocycles. The third-order valence-corrected chi connectivity index (χ3v) is 4.53. The first-order chi connectivity index (χ1) is 9.79. The molecule has 0 saturated heterocycles. The molecule has 0 spiro atoms. The van der Waals surface area contributed by atoms with Crippen LogP contribution in [0, 0.1) is 18.6 Å². The molecule has 0 fully saturated rings. The predicted molar refractivity (Wildman–Crippen MR) is 73.9 cm³/mol. The van der Waals surface area contributed by atoms with Crippen LogP contribution in [0.3, 0.4) is 0 Å². The van der Waals surface area contributed by atoms with Gasteiger partial charge in [-0.2, -0.15) is 0 Å². The van der Waals surface area contributed by atoms with E-state index in [-0.39, 0.29) is 10.5 Å². The Kier molecular flexibility index (Phi) is 4.18. The molecule has 2 rings (SSSR count). The lowest BCUT2D eigenvalue weighted by atomic mass is 10.1. The number of rotatable bonds is 4. The molecule has 0 aromatic heterocycles. The molecule has 0 saturated carbocycles. The van der Waals surface area contributed by atoms with Crippen molar-refractivity contribution >= 4 is 15.6 Å². The molecule has 2 aromatic carbocycles. The first-order valence-corrected chi connectivity index (χ1v) is 7.72. The lowest BCUT2D eigenvalue weighted by Crippen LogP contribution is -2.17. The van der Waals surface area contributed by atoms with Gasteiger partial charge in [-0.3, -0.25) is 4.79 Å². The monoisotopic (exact) mass is 310 g/mol. The number of benzene rings is 2. The summed E-state index contributed by atoms with van der Waals surface area (Å²) in [6.45, 7) is 1.73. The van der Waals surface area contributed by atoms with E-state index >= 15 is 0 Å². The summed E-state index contributed by atoms with van der Waals surface area (Å²) in [5.41, 5.74) is 0.571.